The first-order valence-corrected chi connectivity index (χ1v) is 6.67. The Hall–Kier alpha value is -2.36. The third-order valence-corrected chi connectivity index (χ3v) is 3.65. The molecule has 0 aromatic carbocycles. The predicted octanol–water partition coefficient (Wildman–Crippen LogP) is 2.99. The van der Waals surface area contributed by atoms with Crippen LogP contribution in [0.4, 0.5) is 0 Å². The highest BCUT2D eigenvalue weighted by molar-refractivity contribution is 5.95. The summed E-state index contributed by atoms with van der Waals surface area (Å²) in [6.45, 7) is 3.45. The van der Waals surface area contributed by atoms with E-state index < -0.39 is 0 Å². The Kier molecular flexibility index (Phi) is 3.37. The summed E-state index contributed by atoms with van der Waals surface area (Å²) in [5.41, 5.74) is 3.08. The number of hydrogen-bond acceptors (Lipinski definition) is 3. The standard InChI is InChI=1S/C16H16N2O2/c1-12-6-9-18(11-14(12)15-3-2-10-20-15)16(19)13-4-7-17-8-5-13/h2-5,7-8,10H,6,9,11H2,1H3. The molecule has 4 heteroatoms. The van der Waals surface area contributed by atoms with Gasteiger partial charge in [0.05, 0.1) is 6.26 Å². The molecule has 0 fully saturated rings. The Morgan fingerprint density at radius 3 is 2.80 bits per heavy atom. The lowest BCUT2D eigenvalue weighted by Gasteiger charge is -2.29. The number of carbonyl (C=O) groups excluding carboxylic acids is 1. The molecule has 3 heterocycles. The van der Waals surface area contributed by atoms with Crippen LogP contribution in [-0.2, 0) is 0 Å². The molecule has 102 valence electrons. The molecule has 0 saturated heterocycles. The summed E-state index contributed by atoms with van der Waals surface area (Å²) in [7, 11) is 0. The van der Waals surface area contributed by atoms with Crippen molar-refractivity contribution in [1.82, 2.24) is 9.88 Å². The fourth-order valence-corrected chi connectivity index (χ4v) is 2.45. The van der Waals surface area contributed by atoms with Crippen molar-refractivity contribution in [2.45, 2.75) is 13.3 Å². The minimum absolute atomic E-state index is 0.0453. The summed E-state index contributed by atoms with van der Waals surface area (Å²) in [5.74, 6) is 0.902. The second kappa shape index (κ2) is 5.33. The number of rotatable bonds is 2. The highest BCUT2D eigenvalue weighted by Gasteiger charge is 2.23. The Morgan fingerprint density at radius 1 is 1.30 bits per heavy atom. The van der Waals surface area contributed by atoms with Gasteiger partial charge in [-0.25, -0.2) is 0 Å². The number of pyridine rings is 1. The topological polar surface area (TPSA) is 46.3 Å². The second-order valence-corrected chi connectivity index (χ2v) is 4.95. The maximum Gasteiger partial charge on any atom is 0.254 e. The van der Waals surface area contributed by atoms with Crippen molar-refractivity contribution >= 4 is 11.5 Å². The minimum atomic E-state index is 0.0453. The molecule has 0 atom stereocenters. The van der Waals surface area contributed by atoms with Gasteiger partial charge in [-0.05, 0) is 37.6 Å². The molecule has 2 aromatic heterocycles. The molecule has 0 unspecified atom stereocenters. The summed E-state index contributed by atoms with van der Waals surface area (Å²) in [6, 6.07) is 7.32. The summed E-state index contributed by atoms with van der Waals surface area (Å²) in [5, 5.41) is 0. The van der Waals surface area contributed by atoms with E-state index in [0.29, 0.717) is 12.1 Å². The first-order valence-electron chi connectivity index (χ1n) is 6.67. The number of amides is 1. The van der Waals surface area contributed by atoms with E-state index in [1.54, 1.807) is 30.8 Å². The molecule has 20 heavy (non-hydrogen) atoms. The van der Waals surface area contributed by atoms with Gasteiger partial charge in [0.1, 0.15) is 5.76 Å². The van der Waals surface area contributed by atoms with Gasteiger partial charge in [0.2, 0.25) is 0 Å². The molecular formula is C16H16N2O2. The third kappa shape index (κ3) is 2.37. The SMILES string of the molecule is CC1=C(c2ccco2)CN(C(=O)c2ccncc2)CC1. The fourth-order valence-electron chi connectivity index (χ4n) is 2.45. The summed E-state index contributed by atoms with van der Waals surface area (Å²) in [6.07, 6.45) is 5.84. The van der Waals surface area contributed by atoms with Crippen molar-refractivity contribution in [3.8, 4) is 0 Å². The van der Waals surface area contributed by atoms with Gasteiger partial charge < -0.3 is 9.32 Å². The van der Waals surface area contributed by atoms with Crippen molar-refractivity contribution in [1.29, 1.82) is 0 Å². The molecule has 2 aromatic rings. The fraction of sp³-hybridized carbons (Fsp3) is 0.250. The largest absolute Gasteiger partial charge is 0.465 e. The van der Waals surface area contributed by atoms with Crippen molar-refractivity contribution in [3.05, 3.63) is 59.8 Å². The van der Waals surface area contributed by atoms with E-state index >= 15 is 0 Å². The van der Waals surface area contributed by atoms with E-state index in [2.05, 4.69) is 11.9 Å². The van der Waals surface area contributed by atoms with Gasteiger partial charge in [0.15, 0.2) is 0 Å². The van der Waals surface area contributed by atoms with E-state index in [4.69, 9.17) is 4.42 Å². The highest BCUT2D eigenvalue weighted by Crippen LogP contribution is 2.27. The smallest absolute Gasteiger partial charge is 0.254 e. The Labute approximate surface area is 117 Å². The van der Waals surface area contributed by atoms with Crippen LogP contribution in [0, 0.1) is 0 Å². The Bertz CT molecular complexity index is 630. The van der Waals surface area contributed by atoms with E-state index in [0.717, 1.165) is 24.3 Å². The number of furan rings is 1. The lowest BCUT2D eigenvalue weighted by Crippen LogP contribution is -2.36. The lowest BCUT2D eigenvalue weighted by atomic mass is 9.99. The number of hydrogen-bond donors (Lipinski definition) is 0. The van der Waals surface area contributed by atoms with E-state index in [1.807, 2.05) is 17.0 Å². The van der Waals surface area contributed by atoms with E-state index in [1.165, 1.54) is 5.57 Å². The van der Waals surface area contributed by atoms with Crippen molar-refractivity contribution < 1.29 is 9.21 Å². The zero-order valence-electron chi connectivity index (χ0n) is 11.4. The highest BCUT2D eigenvalue weighted by atomic mass is 16.3. The van der Waals surface area contributed by atoms with Crippen LogP contribution in [0.2, 0.25) is 0 Å². The molecule has 0 aliphatic carbocycles. The molecule has 0 N–H and O–H groups in total. The summed E-state index contributed by atoms with van der Waals surface area (Å²) >= 11 is 0. The van der Waals surface area contributed by atoms with Crippen LogP contribution < -0.4 is 0 Å². The molecule has 0 spiro atoms. The van der Waals surface area contributed by atoms with Crippen LogP contribution in [0.25, 0.3) is 5.57 Å². The first-order chi connectivity index (χ1) is 9.75. The van der Waals surface area contributed by atoms with E-state index in [9.17, 15) is 4.79 Å². The first kappa shape index (κ1) is 12.7. The van der Waals surface area contributed by atoms with Crippen LogP contribution >= 0.6 is 0 Å². The summed E-state index contributed by atoms with van der Waals surface area (Å²) < 4.78 is 5.47. The Balaban J connectivity index is 1.83. The van der Waals surface area contributed by atoms with Crippen molar-refractivity contribution in [3.63, 3.8) is 0 Å². The van der Waals surface area contributed by atoms with E-state index in [-0.39, 0.29) is 5.91 Å². The maximum absolute atomic E-state index is 12.5. The van der Waals surface area contributed by atoms with Gasteiger partial charge in [-0.3, -0.25) is 9.78 Å². The van der Waals surface area contributed by atoms with Gasteiger partial charge in [-0.15, -0.1) is 0 Å². The van der Waals surface area contributed by atoms with Crippen LogP contribution in [0.1, 0.15) is 29.5 Å². The monoisotopic (exact) mass is 268 g/mol. The molecule has 0 radical (unpaired) electrons. The average Bonchev–Trinajstić information content (AvgIpc) is 3.02. The quantitative estimate of drug-likeness (QED) is 0.841. The van der Waals surface area contributed by atoms with Crippen LogP contribution in [0.5, 0.6) is 0 Å². The van der Waals surface area contributed by atoms with Crippen LogP contribution in [-0.4, -0.2) is 28.9 Å². The van der Waals surface area contributed by atoms with Crippen molar-refractivity contribution in [2.75, 3.05) is 13.1 Å². The summed E-state index contributed by atoms with van der Waals surface area (Å²) in [4.78, 5) is 18.3. The minimum Gasteiger partial charge on any atom is -0.465 e. The van der Waals surface area contributed by atoms with Gasteiger partial charge in [0.25, 0.3) is 5.91 Å². The Morgan fingerprint density at radius 2 is 2.10 bits per heavy atom. The molecule has 4 nitrogen and oxygen atoms in total. The molecular weight excluding hydrogens is 252 g/mol. The van der Waals surface area contributed by atoms with Gasteiger partial charge in [-0.2, -0.15) is 0 Å². The number of aromatic nitrogens is 1. The lowest BCUT2D eigenvalue weighted by molar-refractivity contribution is 0.0772. The van der Waals surface area contributed by atoms with Gasteiger partial charge in [-0.1, -0.05) is 5.57 Å². The molecule has 0 bridgehead atoms. The zero-order chi connectivity index (χ0) is 13.9. The van der Waals surface area contributed by atoms with Crippen molar-refractivity contribution in [2.24, 2.45) is 0 Å². The zero-order valence-corrected chi connectivity index (χ0v) is 11.4. The molecule has 1 amide bonds. The molecule has 1 aliphatic heterocycles. The molecule has 0 saturated carbocycles. The second-order valence-electron chi connectivity index (χ2n) is 4.95. The molecule has 1 aliphatic rings. The predicted molar refractivity (Wildman–Crippen MR) is 76.1 cm³/mol. The van der Waals surface area contributed by atoms with Gasteiger partial charge in [0, 0.05) is 36.6 Å². The number of carbonyl (C=O) groups is 1. The maximum atomic E-state index is 12.5. The number of nitrogens with zero attached hydrogens (tertiary/aromatic N) is 2. The van der Waals surface area contributed by atoms with Crippen LogP contribution in [0.15, 0.2) is 52.9 Å². The molecule has 3 rings (SSSR count). The van der Waals surface area contributed by atoms with Gasteiger partial charge >= 0.3 is 0 Å². The van der Waals surface area contributed by atoms with Crippen LogP contribution in [0.3, 0.4) is 0 Å². The third-order valence-electron chi connectivity index (χ3n) is 3.65. The average molecular weight is 268 g/mol. The normalized spacial score (nSPS) is 15.6.